The molecule has 5 aliphatic rings. The van der Waals surface area contributed by atoms with E-state index in [0.717, 1.165) is 92.5 Å². The molecule has 4 amide bonds. The van der Waals surface area contributed by atoms with E-state index in [0.29, 0.717) is 79.4 Å². The van der Waals surface area contributed by atoms with Crippen LogP contribution in [0.3, 0.4) is 0 Å². The number of phenols is 1. The van der Waals surface area contributed by atoms with E-state index in [1.165, 1.54) is 12.1 Å². The molecule has 8 heterocycles. The predicted octanol–water partition coefficient (Wildman–Crippen LogP) is 10.6. The van der Waals surface area contributed by atoms with Crippen molar-refractivity contribution in [1.82, 2.24) is 51.0 Å². The number of pyridine rings is 1. The fourth-order valence-electron chi connectivity index (χ4n) is 14.1. The van der Waals surface area contributed by atoms with Crippen molar-refractivity contribution in [3.05, 3.63) is 88.7 Å². The van der Waals surface area contributed by atoms with Crippen LogP contribution in [0.5, 0.6) is 11.8 Å². The quantitative estimate of drug-likeness (QED) is 0.0400. The van der Waals surface area contributed by atoms with Gasteiger partial charge in [0.2, 0.25) is 17.7 Å². The number of amides is 4. The van der Waals surface area contributed by atoms with E-state index in [-0.39, 0.29) is 95.6 Å². The number of aromatic nitrogens is 4. The van der Waals surface area contributed by atoms with Gasteiger partial charge >= 0.3 is 12.1 Å². The number of nitrogens with zero attached hydrogens (tertiary/aromatic N) is 7. The molecule has 0 spiro atoms. The number of phenolic OH excluding ortho intramolecular Hbond substituents is 1. The second-order valence-electron chi connectivity index (χ2n) is 25.7. The molecular formula is C66H83F2N11O7S. The maximum Gasteiger partial charge on any atom is 0.407 e. The lowest BCUT2D eigenvalue weighted by molar-refractivity contribution is -0.144. The lowest BCUT2D eigenvalue weighted by atomic mass is 9.85. The highest BCUT2D eigenvalue weighted by Gasteiger charge is 2.50. The number of alkyl carbamates (subject to hydrolysis) is 1. The second kappa shape index (κ2) is 26.3. The minimum absolute atomic E-state index is 0.00584. The average Bonchev–Trinajstić information content (AvgIpc) is 2.08. The van der Waals surface area contributed by atoms with Crippen molar-refractivity contribution >= 4 is 62.6 Å². The molecule has 6 aromatic rings. The standard InChI is InChI=1S/C66H83F2N11O7S/c1-7-48-51(67)24-21-43-31-47(80)32-49(54(43)48)56-55(68)57-50(33-70-56)60(77-34-44-22-23-45(35-77)73-44)76-63(75-57)86-37-66-26-14-30-79(66)46(25-27-66)36-85-64(84)69-28-12-10-8-9-11-16-53(81)74-59(65(4,5)6)62(83)78-29-13-15-52(78)61(82)72-39(2)41-17-19-42(20-18-41)58-40(3)71-38-87-58/h17-21,24,31-33,38-39,44-46,52,59,73,80H,7-16,22-23,25-30,34-37H2,1-6H3,(H,69,84)(H,72,82)(H,74,81)/t39-,44?,45?,46+,52-,59?,66?/m0/s1. The van der Waals surface area contributed by atoms with Crippen LogP contribution in [-0.2, 0) is 25.5 Å². The molecule has 5 saturated heterocycles. The van der Waals surface area contributed by atoms with Gasteiger partial charge in [0, 0.05) is 62.5 Å². The van der Waals surface area contributed by atoms with Crippen LogP contribution in [0.2, 0.25) is 0 Å². The summed E-state index contributed by atoms with van der Waals surface area (Å²) in [7, 11) is 0. The van der Waals surface area contributed by atoms with Gasteiger partial charge in [-0.15, -0.1) is 11.3 Å². The Hall–Kier alpha value is -7.10. The Labute approximate surface area is 512 Å². The summed E-state index contributed by atoms with van der Waals surface area (Å²) >= 11 is 1.60. The van der Waals surface area contributed by atoms with Gasteiger partial charge in [0.1, 0.15) is 53.9 Å². The van der Waals surface area contributed by atoms with Crippen molar-refractivity contribution in [2.75, 3.05) is 50.8 Å². The maximum atomic E-state index is 17.3. The van der Waals surface area contributed by atoms with Crippen molar-refractivity contribution in [1.29, 1.82) is 0 Å². The van der Waals surface area contributed by atoms with Crippen molar-refractivity contribution in [3.8, 4) is 33.5 Å². The van der Waals surface area contributed by atoms with Gasteiger partial charge < -0.3 is 45.6 Å². The smallest absolute Gasteiger partial charge is 0.407 e. The van der Waals surface area contributed by atoms with E-state index in [1.54, 1.807) is 34.6 Å². The average molecular weight is 1210 g/mol. The highest BCUT2D eigenvalue weighted by molar-refractivity contribution is 7.13. The van der Waals surface area contributed by atoms with Gasteiger partial charge in [-0.2, -0.15) is 9.97 Å². The molecule has 21 heteroatoms. The molecule has 7 atom stereocenters. The van der Waals surface area contributed by atoms with Gasteiger partial charge in [0.05, 0.1) is 33.0 Å². The third-order valence-electron chi connectivity index (χ3n) is 18.7. The van der Waals surface area contributed by atoms with Gasteiger partial charge in [-0.3, -0.25) is 24.3 Å². The van der Waals surface area contributed by atoms with E-state index < -0.39 is 35.2 Å². The summed E-state index contributed by atoms with van der Waals surface area (Å²) in [5.41, 5.74) is 4.59. The Morgan fingerprint density at radius 2 is 1.68 bits per heavy atom. The van der Waals surface area contributed by atoms with Crippen LogP contribution < -0.4 is 30.9 Å². The highest BCUT2D eigenvalue weighted by atomic mass is 32.1. The Bertz CT molecular complexity index is 3500. The van der Waals surface area contributed by atoms with Crippen molar-refractivity contribution in [2.24, 2.45) is 5.41 Å². The third-order valence-corrected chi connectivity index (χ3v) is 19.7. The number of fused-ring (bicyclic) bond motifs is 5. The number of carbonyl (C=O) groups excluding carboxylic acids is 4. The molecule has 464 valence electrons. The summed E-state index contributed by atoms with van der Waals surface area (Å²) in [4.78, 5) is 80.3. The first kappa shape index (κ1) is 61.5. The summed E-state index contributed by atoms with van der Waals surface area (Å²) < 4.78 is 44.9. The molecule has 4 unspecified atom stereocenters. The number of rotatable bonds is 22. The molecule has 5 aliphatic heterocycles. The number of anilines is 1. The summed E-state index contributed by atoms with van der Waals surface area (Å²) in [6.07, 6.45) is 12.5. The monoisotopic (exact) mass is 1210 g/mol. The zero-order valence-corrected chi connectivity index (χ0v) is 51.8. The minimum atomic E-state index is -0.790. The number of unbranched alkanes of at least 4 members (excludes halogenated alkanes) is 4. The number of piperazine rings is 1. The van der Waals surface area contributed by atoms with E-state index in [2.05, 4.69) is 41.0 Å². The number of aryl methyl sites for hydroxylation is 2. The van der Waals surface area contributed by atoms with Gasteiger partial charge in [-0.25, -0.2) is 18.6 Å². The highest BCUT2D eigenvalue weighted by Crippen LogP contribution is 2.44. The number of hydrogen-bond donors (Lipinski definition) is 5. The Morgan fingerprint density at radius 3 is 2.43 bits per heavy atom. The molecule has 18 nitrogen and oxygen atoms in total. The molecule has 3 aromatic heterocycles. The minimum Gasteiger partial charge on any atom is -0.508 e. The van der Waals surface area contributed by atoms with Crippen molar-refractivity contribution in [3.63, 3.8) is 0 Å². The zero-order chi connectivity index (χ0) is 61.1. The van der Waals surface area contributed by atoms with Crippen LogP contribution >= 0.6 is 11.3 Å². The first-order valence-corrected chi connectivity index (χ1v) is 32.3. The molecule has 87 heavy (non-hydrogen) atoms. The number of benzene rings is 3. The van der Waals surface area contributed by atoms with Gasteiger partial charge in [-0.1, -0.05) is 77.3 Å². The van der Waals surface area contributed by atoms with Gasteiger partial charge in [0.15, 0.2) is 5.82 Å². The summed E-state index contributed by atoms with van der Waals surface area (Å²) in [6, 6.07) is 12.9. The number of hydrogen-bond acceptors (Lipinski definition) is 15. The van der Waals surface area contributed by atoms with E-state index in [4.69, 9.17) is 19.4 Å². The zero-order valence-electron chi connectivity index (χ0n) is 51.0. The summed E-state index contributed by atoms with van der Waals surface area (Å²) in [5.74, 6) is -1.31. The van der Waals surface area contributed by atoms with Crippen LogP contribution in [0.1, 0.15) is 147 Å². The number of carbonyl (C=O) groups is 4. The lowest BCUT2D eigenvalue weighted by Gasteiger charge is -2.35. The van der Waals surface area contributed by atoms with E-state index in [1.807, 2.05) is 71.3 Å². The molecule has 2 bridgehead atoms. The Morgan fingerprint density at radius 1 is 0.908 bits per heavy atom. The fraction of sp³-hybridized carbons (Fsp3) is 0.545. The Balaban J connectivity index is 0.627. The van der Waals surface area contributed by atoms with Crippen molar-refractivity contribution < 1.29 is 42.5 Å². The SMILES string of the molecule is CCc1c(F)ccc2cc(O)cc(-c3ncc4c(N5CC6CCC(C5)N6)nc(OCC56CCCN5[C@@H](COC(=O)NCCCCCCCC(=O)NC(C(=O)N5CCC[C@H]5C(=O)N[C@@H](C)c5ccc(-c7scnc7C)cc5)C(C)(C)C)CC6)nc4c3F)c12. The van der Waals surface area contributed by atoms with Crippen LogP contribution in [0, 0.1) is 24.0 Å². The number of ether oxygens (including phenoxy) is 2. The largest absolute Gasteiger partial charge is 0.508 e. The molecule has 0 aliphatic carbocycles. The molecule has 5 N–H and O–H groups in total. The molecule has 5 fully saturated rings. The molecule has 3 aromatic carbocycles. The van der Waals surface area contributed by atoms with Crippen LogP contribution in [0.4, 0.5) is 19.4 Å². The van der Waals surface area contributed by atoms with Crippen LogP contribution in [0.15, 0.2) is 60.2 Å². The Kier molecular flexibility index (Phi) is 18.6. The normalized spacial score (nSPS) is 21.7. The first-order chi connectivity index (χ1) is 41.9. The number of nitrogens with one attached hydrogen (secondary N) is 4. The van der Waals surface area contributed by atoms with Gasteiger partial charge in [0.25, 0.3) is 0 Å². The molecule has 11 rings (SSSR count). The molecular weight excluding hydrogens is 1130 g/mol. The van der Waals surface area contributed by atoms with E-state index >= 15 is 8.78 Å². The predicted molar refractivity (Wildman–Crippen MR) is 333 cm³/mol. The van der Waals surface area contributed by atoms with Gasteiger partial charge in [-0.05, 0) is 142 Å². The lowest BCUT2D eigenvalue weighted by Crippen LogP contribution is -2.57. The van der Waals surface area contributed by atoms with Crippen LogP contribution in [0.25, 0.3) is 43.4 Å². The number of thiazole rings is 1. The fourth-order valence-corrected chi connectivity index (χ4v) is 14.9. The molecule has 0 saturated carbocycles. The topological polar surface area (TPSA) is 216 Å². The second-order valence-corrected chi connectivity index (χ2v) is 26.6. The van der Waals surface area contributed by atoms with Crippen molar-refractivity contribution in [2.45, 2.75) is 180 Å². The maximum absolute atomic E-state index is 17.3. The summed E-state index contributed by atoms with van der Waals surface area (Å²) in [6.45, 7) is 15.1. The van der Waals surface area contributed by atoms with E-state index in [9.17, 15) is 24.3 Å². The number of aromatic hydroxyl groups is 1. The number of halogens is 2. The first-order valence-electron chi connectivity index (χ1n) is 31.4. The third kappa shape index (κ3) is 13.4. The molecule has 0 radical (unpaired) electrons. The number of likely N-dealkylation sites (tertiary alicyclic amines) is 1. The van der Waals surface area contributed by atoms with Crippen LogP contribution in [-0.4, -0.2) is 140 Å². The summed E-state index contributed by atoms with van der Waals surface area (Å²) in [5, 5.41) is 25.0.